The van der Waals surface area contributed by atoms with Crippen LogP contribution in [0.2, 0.25) is 0 Å². The molecule has 7 nitrogen and oxygen atoms in total. The SMILES string of the molecule is CC(O)Cc1cc(N2CCN(CCC3CCC(NC=O)CC3)CC2C)nc(C(C)(C)C)n1. The zero-order valence-electron chi connectivity index (χ0n) is 20.7. The van der Waals surface area contributed by atoms with Crippen LogP contribution in [0.1, 0.15) is 78.2 Å². The lowest BCUT2D eigenvalue weighted by Gasteiger charge is -2.41. The molecule has 2 heterocycles. The summed E-state index contributed by atoms with van der Waals surface area (Å²) in [5.74, 6) is 2.63. The van der Waals surface area contributed by atoms with Crippen LogP contribution in [0, 0.1) is 5.92 Å². The second kappa shape index (κ2) is 10.9. The molecule has 1 aromatic rings. The highest BCUT2D eigenvalue weighted by Crippen LogP contribution is 2.28. The Morgan fingerprint density at radius 1 is 1.22 bits per heavy atom. The monoisotopic (exact) mass is 445 g/mol. The van der Waals surface area contributed by atoms with Crippen molar-refractivity contribution in [1.29, 1.82) is 0 Å². The van der Waals surface area contributed by atoms with E-state index in [9.17, 15) is 9.90 Å². The molecule has 1 aliphatic heterocycles. The van der Waals surface area contributed by atoms with Gasteiger partial charge >= 0.3 is 0 Å². The fourth-order valence-electron chi connectivity index (χ4n) is 5.03. The van der Waals surface area contributed by atoms with Crippen LogP contribution in [0.15, 0.2) is 6.07 Å². The molecule has 32 heavy (non-hydrogen) atoms. The number of carbonyl (C=O) groups is 1. The van der Waals surface area contributed by atoms with E-state index in [1.807, 2.05) is 6.92 Å². The topological polar surface area (TPSA) is 81.6 Å². The number of rotatable bonds is 8. The van der Waals surface area contributed by atoms with Crippen LogP contribution in [0.5, 0.6) is 0 Å². The molecule has 0 aromatic carbocycles. The summed E-state index contributed by atoms with van der Waals surface area (Å²) in [6, 6.07) is 2.84. The first-order chi connectivity index (χ1) is 15.2. The van der Waals surface area contributed by atoms with Gasteiger partial charge in [-0.1, -0.05) is 20.8 Å². The van der Waals surface area contributed by atoms with E-state index in [1.165, 1.54) is 19.3 Å². The lowest BCUT2D eigenvalue weighted by molar-refractivity contribution is -0.110. The summed E-state index contributed by atoms with van der Waals surface area (Å²) < 4.78 is 0. The van der Waals surface area contributed by atoms with Crippen LogP contribution in [-0.4, -0.2) is 70.8 Å². The molecule has 1 saturated heterocycles. The van der Waals surface area contributed by atoms with Crippen molar-refractivity contribution in [2.45, 2.75) is 96.7 Å². The Kier molecular flexibility index (Phi) is 8.50. The van der Waals surface area contributed by atoms with Gasteiger partial charge in [-0.15, -0.1) is 0 Å². The second-order valence-electron chi connectivity index (χ2n) is 11.0. The number of piperazine rings is 1. The minimum Gasteiger partial charge on any atom is -0.393 e. The van der Waals surface area contributed by atoms with Crippen LogP contribution in [0.25, 0.3) is 0 Å². The number of carbonyl (C=O) groups excluding carboxylic acids is 1. The quantitative estimate of drug-likeness (QED) is 0.599. The van der Waals surface area contributed by atoms with Crippen LogP contribution in [0.4, 0.5) is 5.82 Å². The third-order valence-electron chi connectivity index (χ3n) is 6.95. The minimum atomic E-state index is -0.413. The van der Waals surface area contributed by atoms with Gasteiger partial charge in [0.2, 0.25) is 6.41 Å². The molecule has 7 heteroatoms. The summed E-state index contributed by atoms with van der Waals surface area (Å²) in [7, 11) is 0. The molecule has 0 bridgehead atoms. The normalized spacial score (nSPS) is 26.1. The molecular formula is C25H43N5O2. The summed E-state index contributed by atoms with van der Waals surface area (Å²) in [6.45, 7) is 14.7. The average molecular weight is 446 g/mol. The van der Waals surface area contributed by atoms with E-state index < -0.39 is 6.10 Å². The molecule has 1 aromatic heterocycles. The van der Waals surface area contributed by atoms with E-state index in [2.05, 4.69) is 48.9 Å². The molecule has 0 spiro atoms. The van der Waals surface area contributed by atoms with Crippen molar-refractivity contribution in [3.8, 4) is 0 Å². The molecule has 180 valence electrons. The first-order valence-electron chi connectivity index (χ1n) is 12.4. The van der Waals surface area contributed by atoms with E-state index in [0.29, 0.717) is 18.5 Å². The summed E-state index contributed by atoms with van der Waals surface area (Å²) in [6.07, 6.45) is 6.93. The van der Waals surface area contributed by atoms with Crippen LogP contribution in [-0.2, 0) is 16.6 Å². The van der Waals surface area contributed by atoms with Crippen molar-refractivity contribution in [1.82, 2.24) is 20.2 Å². The van der Waals surface area contributed by atoms with E-state index in [1.54, 1.807) is 0 Å². The molecule has 1 amide bonds. The fraction of sp³-hybridized carbons (Fsp3) is 0.800. The molecule has 2 atom stereocenters. The van der Waals surface area contributed by atoms with Gasteiger partial charge in [0.1, 0.15) is 11.6 Å². The smallest absolute Gasteiger partial charge is 0.207 e. The van der Waals surface area contributed by atoms with Crippen LogP contribution in [0.3, 0.4) is 0 Å². The summed E-state index contributed by atoms with van der Waals surface area (Å²) >= 11 is 0. The molecule has 0 radical (unpaired) electrons. The predicted octanol–water partition coefficient (Wildman–Crippen LogP) is 2.90. The van der Waals surface area contributed by atoms with Gasteiger partial charge in [0.05, 0.1) is 6.10 Å². The third kappa shape index (κ3) is 6.88. The Labute approximate surface area is 194 Å². The zero-order valence-corrected chi connectivity index (χ0v) is 20.7. The Morgan fingerprint density at radius 3 is 2.53 bits per heavy atom. The number of anilines is 1. The molecule has 1 aliphatic carbocycles. The maximum Gasteiger partial charge on any atom is 0.207 e. The van der Waals surface area contributed by atoms with E-state index in [4.69, 9.17) is 9.97 Å². The van der Waals surface area contributed by atoms with Gasteiger partial charge in [-0.2, -0.15) is 0 Å². The fourth-order valence-corrected chi connectivity index (χ4v) is 5.03. The van der Waals surface area contributed by atoms with Gasteiger partial charge in [0, 0.05) is 55.3 Å². The maximum atomic E-state index is 10.6. The van der Waals surface area contributed by atoms with Crippen LogP contribution < -0.4 is 10.2 Å². The van der Waals surface area contributed by atoms with Crippen molar-refractivity contribution in [3.05, 3.63) is 17.6 Å². The maximum absolute atomic E-state index is 10.6. The van der Waals surface area contributed by atoms with Gasteiger partial charge in [-0.25, -0.2) is 9.97 Å². The molecular weight excluding hydrogens is 402 g/mol. The number of hydrogen-bond acceptors (Lipinski definition) is 6. The van der Waals surface area contributed by atoms with E-state index in [-0.39, 0.29) is 5.41 Å². The van der Waals surface area contributed by atoms with E-state index >= 15 is 0 Å². The van der Waals surface area contributed by atoms with Crippen molar-refractivity contribution >= 4 is 12.2 Å². The number of aliphatic hydroxyl groups is 1. The van der Waals surface area contributed by atoms with Gasteiger partial charge < -0.3 is 15.3 Å². The Bertz CT molecular complexity index is 740. The largest absolute Gasteiger partial charge is 0.393 e. The Morgan fingerprint density at radius 2 is 1.94 bits per heavy atom. The van der Waals surface area contributed by atoms with Crippen LogP contribution >= 0.6 is 0 Å². The van der Waals surface area contributed by atoms with Crippen molar-refractivity contribution in [2.75, 3.05) is 31.1 Å². The lowest BCUT2D eigenvalue weighted by Crippen LogP contribution is -2.52. The predicted molar refractivity (Wildman–Crippen MR) is 129 cm³/mol. The minimum absolute atomic E-state index is 0.130. The summed E-state index contributed by atoms with van der Waals surface area (Å²) in [5.41, 5.74) is 0.790. The Hall–Kier alpha value is -1.73. The first kappa shape index (κ1) is 24.9. The van der Waals surface area contributed by atoms with Gasteiger partial charge in [0.25, 0.3) is 0 Å². The zero-order chi connectivity index (χ0) is 23.3. The number of hydrogen-bond donors (Lipinski definition) is 2. The molecule has 2 aliphatic rings. The van der Waals surface area contributed by atoms with E-state index in [0.717, 1.165) is 68.7 Å². The van der Waals surface area contributed by atoms with Gasteiger partial charge in [-0.05, 0) is 58.4 Å². The molecule has 1 saturated carbocycles. The molecule has 2 N–H and O–H groups in total. The first-order valence-corrected chi connectivity index (χ1v) is 12.4. The molecule has 2 unspecified atom stereocenters. The average Bonchev–Trinajstić information content (AvgIpc) is 2.72. The van der Waals surface area contributed by atoms with Crippen molar-refractivity contribution < 1.29 is 9.90 Å². The number of nitrogens with zero attached hydrogens (tertiary/aromatic N) is 4. The number of nitrogens with one attached hydrogen (secondary N) is 1. The summed E-state index contributed by atoms with van der Waals surface area (Å²) in [5, 5.41) is 12.8. The third-order valence-corrected chi connectivity index (χ3v) is 6.95. The highest BCUT2D eigenvalue weighted by molar-refractivity contribution is 5.46. The van der Waals surface area contributed by atoms with Crippen molar-refractivity contribution in [2.24, 2.45) is 5.92 Å². The number of aromatic nitrogens is 2. The van der Waals surface area contributed by atoms with Gasteiger partial charge in [0.15, 0.2) is 0 Å². The highest BCUT2D eigenvalue weighted by atomic mass is 16.3. The number of aliphatic hydroxyl groups excluding tert-OH is 1. The van der Waals surface area contributed by atoms with Crippen molar-refractivity contribution in [3.63, 3.8) is 0 Å². The summed E-state index contributed by atoms with van der Waals surface area (Å²) in [4.78, 5) is 25.3. The highest BCUT2D eigenvalue weighted by Gasteiger charge is 2.28. The van der Waals surface area contributed by atoms with Gasteiger partial charge in [-0.3, -0.25) is 9.69 Å². The Balaban J connectivity index is 1.57. The molecule has 3 rings (SSSR count). The lowest BCUT2D eigenvalue weighted by atomic mass is 9.84. The molecule has 2 fully saturated rings. The number of amides is 1. The standard InChI is InChI=1S/C25H43N5O2/c1-18-16-29(11-10-20-6-8-21(9-7-20)26-17-31)12-13-30(18)23-15-22(14-19(2)32)27-24(28-23)25(3,4)5/h15,17-21,32H,6-14,16H2,1-5H3,(H,26,31). The second-order valence-corrected chi connectivity index (χ2v) is 11.0.